The number of hydrogen-bond acceptors (Lipinski definition) is 4. The summed E-state index contributed by atoms with van der Waals surface area (Å²) in [4.78, 5) is 14.0. The van der Waals surface area contributed by atoms with Crippen LogP contribution in [0.25, 0.3) is 0 Å². The van der Waals surface area contributed by atoms with Gasteiger partial charge in [0.2, 0.25) is 5.91 Å². The number of amides is 1. The van der Waals surface area contributed by atoms with Gasteiger partial charge in [-0.25, -0.2) is 0 Å². The first-order valence-corrected chi connectivity index (χ1v) is 8.00. The second kappa shape index (κ2) is 8.71. The molecule has 0 aliphatic carbocycles. The lowest BCUT2D eigenvalue weighted by Crippen LogP contribution is -2.41. The second-order valence-corrected chi connectivity index (χ2v) is 7.08. The number of likely N-dealkylation sites (tertiary alicyclic amines) is 1. The van der Waals surface area contributed by atoms with Gasteiger partial charge < -0.3 is 20.1 Å². The Bertz CT molecular complexity index is 315. The molecule has 0 radical (unpaired) electrons. The molecule has 124 valence electrons. The van der Waals surface area contributed by atoms with E-state index in [2.05, 4.69) is 26.1 Å². The number of aliphatic hydroxyl groups excluding tert-OH is 1. The van der Waals surface area contributed by atoms with Gasteiger partial charge in [-0.05, 0) is 24.2 Å². The number of methoxy groups -OCH3 is 1. The molecule has 5 nitrogen and oxygen atoms in total. The Balaban J connectivity index is 2.38. The molecule has 0 saturated carbocycles. The molecule has 1 aliphatic rings. The minimum absolute atomic E-state index is 0.178. The van der Waals surface area contributed by atoms with E-state index in [-0.39, 0.29) is 11.3 Å². The van der Waals surface area contributed by atoms with E-state index < -0.39 is 6.10 Å². The molecule has 0 aromatic carbocycles. The lowest BCUT2D eigenvalue weighted by Gasteiger charge is -2.30. The van der Waals surface area contributed by atoms with Crippen LogP contribution in [0, 0.1) is 11.3 Å². The van der Waals surface area contributed by atoms with Gasteiger partial charge in [-0.15, -0.1) is 0 Å². The van der Waals surface area contributed by atoms with Gasteiger partial charge in [0.25, 0.3) is 0 Å². The van der Waals surface area contributed by atoms with Gasteiger partial charge in [-0.1, -0.05) is 20.8 Å². The van der Waals surface area contributed by atoms with Crippen LogP contribution < -0.4 is 5.32 Å². The molecule has 1 aliphatic heterocycles. The molecule has 0 aromatic heterocycles. The number of nitrogens with one attached hydrogen (secondary N) is 1. The number of rotatable bonds is 7. The summed E-state index contributed by atoms with van der Waals surface area (Å²) in [5, 5.41) is 13.2. The largest absolute Gasteiger partial charge is 0.390 e. The molecule has 1 saturated heterocycles. The third-order valence-corrected chi connectivity index (χ3v) is 4.33. The van der Waals surface area contributed by atoms with Crippen LogP contribution in [0.2, 0.25) is 0 Å². The van der Waals surface area contributed by atoms with Crippen molar-refractivity contribution in [3.8, 4) is 0 Å². The average Bonchev–Trinajstić information content (AvgIpc) is 2.57. The minimum atomic E-state index is -0.517. The number of nitrogens with zero attached hydrogens (tertiary/aromatic N) is 1. The summed E-state index contributed by atoms with van der Waals surface area (Å²) in [6.07, 6.45) is 2.07. The van der Waals surface area contributed by atoms with Gasteiger partial charge in [-0.2, -0.15) is 0 Å². The van der Waals surface area contributed by atoms with Crippen molar-refractivity contribution in [1.82, 2.24) is 10.2 Å². The number of hydrogen-bond donors (Lipinski definition) is 2. The number of carbonyl (C=O) groups is 1. The van der Waals surface area contributed by atoms with Crippen LogP contribution in [0.15, 0.2) is 0 Å². The lowest BCUT2D eigenvalue weighted by molar-refractivity contribution is -0.132. The molecular weight excluding hydrogens is 268 g/mol. The Morgan fingerprint density at radius 3 is 2.76 bits per heavy atom. The molecule has 2 N–H and O–H groups in total. The predicted octanol–water partition coefficient (Wildman–Crippen LogP) is 1.26. The van der Waals surface area contributed by atoms with Crippen molar-refractivity contribution in [3.05, 3.63) is 0 Å². The number of carbonyl (C=O) groups excluding carboxylic acids is 1. The smallest absolute Gasteiger partial charge is 0.222 e. The third-order valence-electron chi connectivity index (χ3n) is 4.33. The first-order valence-electron chi connectivity index (χ1n) is 8.00. The molecule has 1 amide bonds. The van der Waals surface area contributed by atoms with Crippen molar-refractivity contribution >= 4 is 5.91 Å². The van der Waals surface area contributed by atoms with E-state index >= 15 is 0 Å². The minimum Gasteiger partial charge on any atom is -0.390 e. The molecule has 1 fully saturated rings. The van der Waals surface area contributed by atoms with E-state index in [9.17, 15) is 9.90 Å². The van der Waals surface area contributed by atoms with E-state index in [0.29, 0.717) is 38.6 Å². The molecule has 21 heavy (non-hydrogen) atoms. The van der Waals surface area contributed by atoms with E-state index in [1.165, 1.54) is 0 Å². The standard InChI is InChI=1S/C16H32N2O3/c1-16(2,3)13-5-6-15(20)18(9-7-13)12-14(19)11-17-8-10-21-4/h13-14,17,19H,5-12H2,1-4H3. The van der Waals surface area contributed by atoms with Crippen LogP contribution in [-0.4, -0.2) is 61.9 Å². The van der Waals surface area contributed by atoms with Crippen molar-refractivity contribution in [1.29, 1.82) is 0 Å². The highest BCUT2D eigenvalue weighted by atomic mass is 16.5. The zero-order valence-electron chi connectivity index (χ0n) is 14.0. The maximum Gasteiger partial charge on any atom is 0.222 e. The monoisotopic (exact) mass is 300 g/mol. The van der Waals surface area contributed by atoms with Gasteiger partial charge in [0.05, 0.1) is 12.7 Å². The Morgan fingerprint density at radius 2 is 2.14 bits per heavy atom. The van der Waals surface area contributed by atoms with Crippen LogP contribution in [0.1, 0.15) is 40.0 Å². The Morgan fingerprint density at radius 1 is 1.43 bits per heavy atom. The molecule has 0 bridgehead atoms. The average molecular weight is 300 g/mol. The summed E-state index contributed by atoms with van der Waals surface area (Å²) in [6.45, 7) is 9.75. The van der Waals surface area contributed by atoms with Crippen molar-refractivity contribution in [2.75, 3.05) is 39.9 Å². The fraction of sp³-hybridized carbons (Fsp3) is 0.938. The van der Waals surface area contributed by atoms with E-state index in [0.717, 1.165) is 19.4 Å². The molecule has 1 heterocycles. The lowest BCUT2D eigenvalue weighted by atomic mass is 9.77. The fourth-order valence-electron chi connectivity index (χ4n) is 2.86. The summed E-state index contributed by atoms with van der Waals surface area (Å²) in [5.74, 6) is 0.751. The van der Waals surface area contributed by atoms with Gasteiger partial charge in [0.1, 0.15) is 0 Å². The van der Waals surface area contributed by atoms with Crippen molar-refractivity contribution < 1.29 is 14.6 Å². The molecule has 2 atom stereocenters. The van der Waals surface area contributed by atoms with Gasteiger partial charge in [0.15, 0.2) is 0 Å². The summed E-state index contributed by atoms with van der Waals surface area (Å²) in [6, 6.07) is 0. The third kappa shape index (κ3) is 6.76. The van der Waals surface area contributed by atoms with E-state index in [4.69, 9.17) is 4.74 Å². The molecular formula is C16H32N2O3. The van der Waals surface area contributed by atoms with Gasteiger partial charge in [0, 0.05) is 39.7 Å². The van der Waals surface area contributed by atoms with Crippen LogP contribution in [-0.2, 0) is 9.53 Å². The first kappa shape index (κ1) is 18.4. The van der Waals surface area contributed by atoms with Crippen molar-refractivity contribution in [2.45, 2.75) is 46.1 Å². The maximum atomic E-state index is 12.2. The summed E-state index contributed by atoms with van der Waals surface area (Å²) in [5.41, 5.74) is 0.247. The summed E-state index contributed by atoms with van der Waals surface area (Å²) < 4.78 is 4.94. The Hall–Kier alpha value is -0.650. The number of β-amino-alcohol motifs (C(OH)–C–C–N with tert-alkyl or cyclic N) is 1. The molecule has 1 rings (SSSR count). The van der Waals surface area contributed by atoms with Crippen molar-refractivity contribution in [2.24, 2.45) is 11.3 Å². The SMILES string of the molecule is COCCNCC(O)CN1CCC(C(C)(C)C)CCC1=O. The van der Waals surface area contributed by atoms with E-state index in [1.807, 2.05) is 4.90 Å². The normalized spacial score (nSPS) is 22.2. The van der Waals surface area contributed by atoms with Crippen LogP contribution >= 0.6 is 0 Å². The van der Waals surface area contributed by atoms with Crippen LogP contribution in [0.5, 0.6) is 0 Å². The van der Waals surface area contributed by atoms with Gasteiger partial charge in [-0.3, -0.25) is 4.79 Å². The maximum absolute atomic E-state index is 12.2. The van der Waals surface area contributed by atoms with Gasteiger partial charge >= 0.3 is 0 Å². The fourth-order valence-corrected chi connectivity index (χ4v) is 2.86. The molecule has 0 aromatic rings. The van der Waals surface area contributed by atoms with Crippen LogP contribution in [0.3, 0.4) is 0 Å². The Labute approximate surface area is 129 Å². The van der Waals surface area contributed by atoms with Crippen molar-refractivity contribution in [3.63, 3.8) is 0 Å². The Kier molecular flexibility index (Phi) is 7.63. The number of aliphatic hydroxyl groups is 1. The molecule has 5 heteroatoms. The summed E-state index contributed by atoms with van der Waals surface area (Å²) in [7, 11) is 1.65. The highest BCUT2D eigenvalue weighted by Crippen LogP contribution is 2.34. The van der Waals surface area contributed by atoms with E-state index in [1.54, 1.807) is 7.11 Å². The molecule has 2 unspecified atom stereocenters. The topological polar surface area (TPSA) is 61.8 Å². The summed E-state index contributed by atoms with van der Waals surface area (Å²) >= 11 is 0. The quantitative estimate of drug-likeness (QED) is 0.695. The predicted molar refractivity (Wildman–Crippen MR) is 84.1 cm³/mol. The second-order valence-electron chi connectivity index (χ2n) is 7.08. The highest BCUT2D eigenvalue weighted by Gasteiger charge is 2.30. The highest BCUT2D eigenvalue weighted by molar-refractivity contribution is 5.76. The van der Waals surface area contributed by atoms with Crippen LogP contribution in [0.4, 0.5) is 0 Å². The zero-order valence-corrected chi connectivity index (χ0v) is 14.0. The zero-order chi connectivity index (χ0) is 15.9. The molecule has 0 spiro atoms. The number of ether oxygens (including phenoxy) is 1. The first-order chi connectivity index (χ1) is 9.84.